The van der Waals surface area contributed by atoms with E-state index < -0.39 is 11.5 Å². The lowest BCUT2D eigenvalue weighted by Gasteiger charge is -2.36. The smallest absolute Gasteiger partial charge is 0.250 e. The van der Waals surface area contributed by atoms with Gasteiger partial charge in [-0.15, -0.1) is 11.8 Å². The summed E-state index contributed by atoms with van der Waals surface area (Å²) in [5.41, 5.74) is 2.18. The molecule has 3 aliphatic rings. The van der Waals surface area contributed by atoms with Crippen molar-refractivity contribution in [3.63, 3.8) is 0 Å². The molecule has 2 fully saturated rings. The van der Waals surface area contributed by atoms with Crippen molar-refractivity contribution in [3.8, 4) is 0 Å². The Morgan fingerprint density at radius 2 is 1.94 bits per heavy atom. The van der Waals surface area contributed by atoms with Gasteiger partial charge in [-0.05, 0) is 35.9 Å². The number of carbonyl (C=O) groups is 2. The lowest BCUT2D eigenvalue weighted by Crippen LogP contribution is -2.52. The molecular weight excluding hydrogens is 442 g/mol. The molecule has 2 saturated heterocycles. The molecule has 3 aromatic rings. The molecule has 0 bridgehead atoms. The zero-order valence-electron chi connectivity index (χ0n) is 17.1. The van der Waals surface area contributed by atoms with E-state index in [0.29, 0.717) is 16.5 Å². The van der Waals surface area contributed by atoms with Crippen LogP contribution in [0.25, 0.3) is 0 Å². The van der Waals surface area contributed by atoms with Crippen LogP contribution in [0.15, 0.2) is 73.1 Å². The molecule has 0 aliphatic carbocycles. The van der Waals surface area contributed by atoms with Gasteiger partial charge in [-0.2, -0.15) is 0 Å². The quantitative estimate of drug-likeness (QED) is 0.579. The summed E-state index contributed by atoms with van der Waals surface area (Å²) in [5, 5.41) is 3.73. The largest absolute Gasteiger partial charge is 0.324 e. The molecular formula is C25H20ClN3O2S. The SMILES string of the molecule is O=C(c1cccnc1)[C@@H]1[C@@H](c2ccc(Cl)cc2)[C@@H]2CSCN2[C@@]12C(=O)Nc1ccccc12. The summed E-state index contributed by atoms with van der Waals surface area (Å²) in [4.78, 5) is 34.4. The maximum atomic E-state index is 14.2. The van der Waals surface area contributed by atoms with Gasteiger partial charge in [0.25, 0.3) is 0 Å². The highest BCUT2D eigenvalue weighted by Gasteiger charge is 2.69. The summed E-state index contributed by atoms with van der Waals surface area (Å²) in [6.07, 6.45) is 3.26. The van der Waals surface area contributed by atoms with Crippen molar-refractivity contribution in [2.24, 2.45) is 5.92 Å². The topological polar surface area (TPSA) is 62.3 Å². The van der Waals surface area contributed by atoms with E-state index in [1.165, 1.54) is 0 Å². The van der Waals surface area contributed by atoms with Crippen LogP contribution in [-0.4, -0.2) is 39.2 Å². The molecule has 4 heterocycles. The molecule has 160 valence electrons. The first kappa shape index (κ1) is 20.0. The van der Waals surface area contributed by atoms with Gasteiger partial charge in [-0.1, -0.05) is 41.9 Å². The molecule has 0 radical (unpaired) electrons. The molecule has 1 amide bonds. The Hall–Kier alpha value is -2.67. The molecule has 0 unspecified atom stereocenters. The number of anilines is 1. The van der Waals surface area contributed by atoms with Crippen LogP contribution in [0, 0.1) is 5.92 Å². The number of para-hydroxylation sites is 1. The number of aromatic nitrogens is 1. The summed E-state index contributed by atoms with van der Waals surface area (Å²) >= 11 is 7.99. The van der Waals surface area contributed by atoms with Crippen molar-refractivity contribution in [3.05, 3.63) is 94.8 Å². The number of nitrogens with zero attached hydrogens (tertiary/aromatic N) is 2. The van der Waals surface area contributed by atoms with Gasteiger partial charge in [0.05, 0.1) is 5.92 Å². The number of nitrogens with one attached hydrogen (secondary N) is 1. The van der Waals surface area contributed by atoms with Crippen LogP contribution < -0.4 is 5.32 Å². The predicted molar refractivity (Wildman–Crippen MR) is 126 cm³/mol. The second kappa shape index (κ2) is 7.44. The second-order valence-corrected chi connectivity index (χ2v) is 9.90. The van der Waals surface area contributed by atoms with Crippen molar-refractivity contribution in [2.75, 3.05) is 16.9 Å². The van der Waals surface area contributed by atoms with E-state index >= 15 is 0 Å². The van der Waals surface area contributed by atoms with Crippen molar-refractivity contribution in [1.82, 2.24) is 9.88 Å². The number of hydrogen-bond acceptors (Lipinski definition) is 5. The van der Waals surface area contributed by atoms with Gasteiger partial charge in [0.1, 0.15) is 5.54 Å². The summed E-state index contributed by atoms with van der Waals surface area (Å²) in [5.74, 6) is 0.665. The van der Waals surface area contributed by atoms with Gasteiger partial charge in [-0.3, -0.25) is 19.5 Å². The maximum Gasteiger partial charge on any atom is 0.250 e. The van der Waals surface area contributed by atoms with E-state index in [2.05, 4.69) is 15.2 Å². The number of Topliss-reactive ketones (excluding diaryl/α,β-unsaturated/α-hetero) is 1. The molecule has 32 heavy (non-hydrogen) atoms. The number of halogens is 1. The monoisotopic (exact) mass is 461 g/mol. The Bertz CT molecular complexity index is 1220. The Morgan fingerprint density at radius 3 is 2.72 bits per heavy atom. The van der Waals surface area contributed by atoms with Crippen LogP contribution in [0.3, 0.4) is 0 Å². The van der Waals surface area contributed by atoms with Crippen molar-refractivity contribution >= 4 is 40.7 Å². The van der Waals surface area contributed by atoms with E-state index in [0.717, 1.165) is 22.6 Å². The molecule has 0 saturated carbocycles. The zero-order valence-corrected chi connectivity index (χ0v) is 18.6. The summed E-state index contributed by atoms with van der Waals surface area (Å²) < 4.78 is 0. The van der Waals surface area contributed by atoms with Gasteiger partial charge in [-0.25, -0.2) is 0 Å². The first-order valence-electron chi connectivity index (χ1n) is 10.6. The van der Waals surface area contributed by atoms with Crippen LogP contribution in [0.5, 0.6) is 0 Å². The molecule has 7 heteroatoms. The second-order valence-electron chi connectivity index (χ2n) is 8.46. The fraction of sp³-hybridized carbons (Fsp3) is 0.240. The van der Waals surface area contributed by atoms with Crippen LogP contribution >= 0.6 is 23.4 Å². The van der Waals surface area contributed by atoms with Gasteiger partial charge in [0.15, 0.2) is 5.78 Å². The molecule has 1 N–H and O–H groups in total. The highest BCUT2D eigenvalue weighted by molar-refractivity contribution is 7.99. The van der Waals surface area contributed by atoms with Crippen molar-refractivity contribution in [2.45, 2.75) is 17.5 Å². The Labute approximate surface area is 195 Å². The van der Waals surface area contributed by atoms with Crippen LogP contribution in [-0.2, 0) is 10.3 Å². The lowest BCUT2D eigenvalue weighted by atomic mass is 9.69. The number of carbonyl (C=O) groups excluding carboxylic acids is 2. The van der Waals surface area contributed by atoms with Crippen molar-refractivity contribution in [1.29, 1.82) is 0 Å². The summed E-state index contributed by atoms with van der Waals surface area (Å²) in [6, 6.07) is 19.1. The van der Waals surface area contributed by atoms with Gasteiger partial charge in [0, 0.05) is 57.8 Å². The molecule has 4 atom stereocenters. The average Bonchev–Trinajstić information content (AvgIpc) is 3.48. The standard InChI is InChI=1S/C25H20ClN3O2S/c26-17-9-7-15(8-10-17)21-20-13-32-14-29(20)25(18-5-1-2-6-19(18)28-24(25)31)22(21)23(30)16-4-3-11-27-12-16/h1-12,20-22H,13-14H2,(H,28,31)/t20-,21-,22-,25+/m0/s1. The number of benzene rings is 2. The van der Waals surface area contributed by atoms with E-state index in [4.69, 9.17) is 11.6 Å². The molecule has 1 aromatic heterocycles. The first-order chi connectivity index (χ1) is 15.6. The first-order valence-corrected chi connectivity index (χ1v) is 12.1. The predicted octanol–water partition coefficient (Wildman–Crippen LogP) is 4.55. The molecule has 1 spiro atoms. The number of ketones is 1. The number of amides is 1. The highest BCUT2D eigenvalue weighted by atomic mass is 35.5. The van der Waals surface area contributed by atoms with Crippen molar-refractivity contribution < 1.29 is 9.59 Å². The molecule has 3 aliphatic heterocycles. The minimum Gasteiger partial charge on any atom is -0.324 e. The molecule has 5 nitrogen and oxygen atoms in total. The van der Waals surface area contributed by atoms with Gasteiger partial charge in [0.2, 0.25) is 5.91 Å². The van der Waals surface area contributed by atoms with E-state index in [1.807, 2.05) is 60.3 Å². The van der Waals surface area contributed by atoms with E-state index in [-0.39, 0.29) is 23.7 Å². The fourth-order valence-corrected chi connectivity index (χ4v) is 7.23. The minimum absolute atomic E-state index is 0.0516. The number of pyridine rings is 1. The number of rotatable bonds is 3. The van der Waals surface area contributed by atoms with E-state index in [9.17, 15) is 9.59 Å². The summed E-state index contributed by atoms with van der Waals surface area (Å²) in [7, 11) is 0. The van der Waals surface area contributed by atoms with Crippen LogP contribution in [0.2, 0.25) is 5.02 Å². The van der Waals surface area contributed by atoms with Gasteiger partial charge < -0.3 is 5.32 Å². The fourth-order valence-electron chi connectivity index (χ4n) is 5.78. The Morgan fingerprint density at radius 1 is 1.12 bits per heavy atom. The highest BCUT2D eigenvalue weighted by Crippen LogP contribution is 2.61. The normalized spacial score (nSPS) is 28.5. The number of hydrogen-bond donors (Lipinski definition) is 1. The third-order valence-corrected chi connectivity index (χ3v) is 8.30. The minimum atomic E-state index is -1.05. The van der Waals surface area contributed by atoms with Gasteiger partial charge >= 0.3 is 0 Å². The Kier molecular flexibility index (Phi) is 4.64. The molecule has 2 aromatic carbocycles. The Balaban J connectivity index is 1.62. The van der Waals surface area contributed by atoms with Crippen LogP contribution in [0.1, 0.15) is 27.4 Å². The molecule has 6 rings (SSSR count). The third kappa shape index (κ3) is 2.66. The maximum absolute atomic E-state index is 14.2. The summed E-state index contributed by atoms with van der Waals surface area (Å²) in [6.45, 7) is 0. The average molecular weight is 462 g/mol. The number of thioether (sulfide) groups is 1. The zero-order chi connectivity index (χ0) is 21.9. The van der Waals surface area contributed by atoms with E-state index in [1.54, 1.807) is 24.5 Å². The van der Waals surface area contributed by atoms with Crippen LogP contribution in [0.4, 0.5) is 5.69 Å². The third-order valence-electron chi connectivity index (χ3n) is 7.01. The number of fused-ring (bicyclic) bond motifs is 4. The lowest BCUT2D eigenvalue weighted by molar-refractivity contribution is -0.127.